The lowest BCUT2D eigenvalue weighted by Crippen LogP contribution is -2.37. The Balaban J connectivity index is 2.05. The maximum Gasteiger partial charge on any atom is 0.534 e. The first-order chi connectivity index (χ1) is 17.5. The van der Waals surface area contributed by atoms with Crippen molar-refractivity contribution in [2.75, 3.05) is 0 Å². The molecule has 0 aromatic heterocycles. The van der Waals surface area contributed by atoms with Crippen LogP contribution < -0.4 is 8.92 Å². The van der Waals surface area contributed by atoms with Crippen LogP contribution in [0.5, 0.6) is 11.5 Å². The Labute approximate surface area is 227 Å². The van der Waals surface area contributed by atoms with Crippen molar-refractivity contribution in [1.82, 2.24) is 0 Å². The molecule has 0 bridgehead atoms. The number of hydrogen-bond donors (Lipinski definition) is 0. The molecule has 1 atom stereocenters. The van der Waals surface area contributed by atoms with Crippen LogP contribution >= 0.6 is 0 Å². The van der Waals surface area contributed by atoms with Gasteiger partial charge < -0.3 is 8.92 Å². The quantitative estimate of drug-likeness (QED) is 0.155. The monoisotopic (exact) mass is 556 g/mol. The summed E-state index contributed by atoms with van der Waals surface area (Å²) in [5.74, 6) is 0.366. The molecule has 1 aromatic carbocycles. The fourth-order valence-corrected chi connectivity index (χ4v) is 5.27. The first kappa shape index (κ1) is 32.0. The minimum atomic E-state index is -5.75. The molecule has 0 amide bonds. The summed E-state index contributed by atoms with van der Waals surface area (Å²) in [6.45, 7) is 15.5. The zero-order valence-corrected chi connectivity index (χ0v) is 24.9. The molecule has 1 aromatic rings. The third-order valence-corrected chi connectivity index (χ3v) is 8.28. The molecule has 0 radical (unpaired) electrons. The molecule has 1 heterocycles. The molecule has 2 rings (SSSR count). The van der Waals surface area contributed by atoms with E-state index in [0.717, 1.165) is 38.5 Å². The van der Waals surface area contributed by atoms with Crippen LogP contribution in [0.2, 0.25) is 0 Å². The van der Waals surface area contributed by atoms with Gasteiger partial charge in [-0.2, -0.15) is 21.6 Å². The van der Waals surface area contributed by atoms with E-state index in [1.54, 1.807) is 20.8 Å². The Morgan fingerprint density at radius 3 is 2.03 bits per heavy atom. The highest BCUT2D eigenvalue weighted by Crippen LogP contribution is 2.45. The van der Waals surface area contributed by atoms with Crippen molar-refractivity contribution >= 4 is 10.1 Å². The molecule has 0 aliphatic carbocycles. The van der Waals surface area contributed by atoms with Gasteiger partial charge in [0.2, 0.25) is 0 Å². The number of hydrogen-bond acceptors (Lipinski definition) is 4. The first-order valence-electron chi connectivity index (χ1n) is 13.2. The topological polar surface area (TPSA) is 52.6 Å². The Morgan fingerprint density at radius 1 is 0.921 bits per heavy atom. The van der Waals surface area contributed by atoms with Gasteiger partial charge in [0.1, 0.15) is 17.1 Å². The maximum absolute atomic E-state index is 12.9. The van der Waals surface area contributed by atoms with Crippen LogP contribution in [-0.4, -0.2) is 19.5 Å². The predicted molar refractivity (Wildman–Crippen MR) is 148 cm³/mol. The second-order valence-electron chi connectivity index (χ2n) is 11.0. The lowest BCUT2D eigenvalue weighted by atomic mass is 9.85. The van der Waals surface area contributed by atoms with Gasteiger partial charge in [-0.15, -0.1) is 0 Å². The molecule has 38 heavy (non-hydrogen) atoms. The molecule has 1 aliphatic rings. The normalized spacial score (nSPS) is 18.6. The third kappa shape index (κ3) is 8.39. The molecule has 0 N–H and O–H groups in total. The average molecular weight is 557 g/mol. The highest BCUT2D eigenvalue weighted by Gasteiger charge is 2.49. The lowest BCUT2D eigenvalue weighted by molar-refractivity contribution is -0.0500. The first-order valence-corrected chi connectivity index (χ1v) is 14.7. The Kier molecular flexibility index (Phi) is 10.7. The number of allylic oxidation sites excluding steroid dienone is 6. The van der Waals surface area contributed by atoms with Crippen LogP contribution in [0.4, 0.5) is 13.2 Å². The fourth-order valence-electron chi connectivity index (χ4n) is 4.70. The number of alkyl halides is 3. The molecule has 0 saturated carbocycles. The molecular formula is C30H43F3O4S. The van der Waals surface area contributed by atoms with Crippen molar-refractivity contribution in [3.05, 3.63) is 57.2 Å². The molecule has 4 nitrogen and oxygen atoms in total. The van der Waals surface area contributed by atoms with Crippen LogP contribution in [0.1, 0.15) is 102 Å². The van der Waals surface area contributed by atoms with Gasteiger partial charge in [-0.3, -0.25) is 0 Å². The van der Waals surface area contributed by atoms with Gasteiger partial charge in [0.05, 0.1) is 0 Å². The van der Waals surface area contributed by atoms with E-state index in [4.69, 9.17) is 4.74 Å². The Morgan fingerprint density at radius 2 is 1.47 bits per heavy atom. The van der Waals surface area contributed by atoms with Crippen LogP contribution in [-0.2, 0) is 16.5 Å². The molecule has 0 saturated heterocycles. The highest BCUT2D eigenvalue weighted by atomic mass is 32.2. The van der Waals surface area contributed by atoms with Crippen LogP contribution in [0.3, 0.4) is 0 Å². The summed E-state index contributed by atoms with van der Waals surface area (Å²) >= 11 is 0. The van der Waals surface area contributed by atoms with E-state index in [-0.39, 0.29) is 5.75 Å². The Hall–Kier alpha value is -2.22. The van der Waals surface area contributed by atoms with E-state index < -0.39 is 21.2 Å². The Bertz CT molecular complexity index is 1200. The predicted octanol–water partition coefficient (Wildman–Crippen LogP) is 9.12. The molecule has 1 aliphatic heterocycles. The lowest BCUT2D eigenvalue weighted by Gasteiger charge is -2.38. The SMILES string of the molecule is CC(C)=CCC/C(C)=C/CC/C(C)=C/CC[C@]1(C)CCc2c(C)c(OS(=O)(=O)C(F)(F)F)c(C)c(C)c2O1. The van der Waals surface area contributed by atoms with Crippen molar-refractivity contribution in [3.63, 3.8) is 0 Å². The zero-order valence-electron chi connectivity index (χ0n) is 24.1. The van der Waals surface area contributed by atoms with Gasteiger partial charge in [0.15, 0.2) is 0 Å². The van der Waals surface area contributed by atoms with Crippen molar-refractivity contribution in [2.24, 2.45) is 0 Å². The van der Waals surface area contributed by atoms with E-state index in [9.17, 15) is 21.6 Å². The number of rotatable bonds is 11. The minimum absolute atomic E-state index is 0.259. The largest absolute Gasteiger partial charge is 0.534 e. The second-order valence-corrected chi connectivity index (χ2v) is 12.6. The highest BCUT2D eigenvalue weighted by molar-refractivity contribution is 7.88. The van der Waals surface area contributed by atoms with E-state index in [1.807, 2.05) is 0 Å². The minimum Gasteiger partial charge on any atom is -0.487 e. The standard InChI is InChI=1S/C30H43F3O4S/c1-20(2)12-9-13-21(3)14-10-15-22(4)16-11-18-29(8)19-17-26-25(7)27(23(5)24(6)28(26)36-29)37-38(34,35)30(31,32)33/h12,14,16H,9-11,13,15,17-19H2,1-8H3/b21-14+,22-16+/t29-/m1/s1. The van der Waals surface area contributed by atoms with Gasteiger partial charge in [0.25, 0.3) is 0 Å². The molecule has 8 heteroatoms. The summed E-state index contributed by atoms with van der Waals surface area (Å²) in [4.78, 5) is 0. The average Bonchev–Trinajstić information content (AvgIpc) is 2.79. The summed E-state index contributed by atoms with van der Waals surface area (Å²) in [6.07, 6.45) is 14.0. The molecule has 0 fully saturated rings. The van der Waals surface area contributed by atoms with Crippen LogP contribution in [0.25, 0.3) is 0 Å². The van der Waals surface area contributed by atoms with Gasteiger partial charge >= 0.3 is 15.6 Å². The molecular weight excluding hydrogens is 513 g/mol. The van der Waals surface area contributed by atoms with Crippen LogP contribution in [0.15, 0.2) is 34.9 Å². The molecule has 0 spiro atoms. The van der Waals surface area contributed by atoms with E-state index in [2.05, 4.69) is 57.0 Å². The van der Waals surface area contributed by atoms with Gasteiger partial charge in [-0.25, -0.2) is 0 Å². The van der Waals surface area contributed by atoms with Gasteiger partial charge in [0, 0.05) is 5.56 Å². The number of fused-ring (bicyclic) bond motifs is 1. The third-order valence-electron chi connectivity index (χ3n) is 7.33. The second kappa shape index (κ2) is 12.8. The van der Waals surface area contributed by atoms with E-state index in [0.29, 0.717) is 40.8 Å². The van der Waals surface area contributed by atoms with E-state index >= 15 is 0 Å². The van der Waals surface area contributed by atoms with Gasteiger partial charge in [-0.05, 0) is 123 Å². The smallest absolute Gasteiger partial charge is 0.487 e. The summed E-state index contributed by atoms with van der Waals surface area (Å²) in [6, 6.07) is 0. The van der Waals surface area contributed by atoms with Crippen molar-refractivity contribution in [1.29, 1.82) is 0 Å². The maximum atomic E-state index is 12.9. The number of benzene rings is 1. The summed E-state index contributed by atoms with van der Waals surface area (Å²) in [5, 5.41) is 0. The summed E-state index contributed by atoms with van der Waals surface area (Å²) < 4.78 is 73.1. The zero-order chi connectivity index (χ0) is 28.9. The molecule has 0 unspecified atom stereocenters. The fraction of sp³-hybridized carbons (Fsp3) is 0.600. The van der Waals surface area contributed by atoms with Crippen LogP contribution in [0, 0.1) is 20.8 Å². The summed E-state index contributed by atoms with van der Waals surface area (Å²) in [7, 11) is -5.75. The number of ether oxygens (including phenoxy) is 1. The number of halogens is 3. The van der Waals surface area contributed by atoms with Crippen molar-refractivity contribution in [3.8, 4) is 11.5 Å². The molecule has 214 valence electrons. The van der Waals surface area contributed by atoms with Crippen molar-refractivity contribution in [2.45, 2.75) is 118 Å². The summed E-state index contributed by atoms with van der Waals surface area (Å²) in [5.41, 5.74) is 0.212. The van der Waals surface area contributed by atoms with Crippen molar-refractivity contribution < 1.29 is 30.5 Å². The van der Waals surface area contributed by atoms with Gasteiger partial charge in [-0.1, -0.05) is 34.9 Å². The van der Waals surface area contributed by atoms with E-state index in [1.165, 1.54) is 16.7 Å².